The first-order chi connectivity index (χ1) is 11.3. The van der Waals surface area contributed by atoms with Gasteiger partial charge in [-0.05, 0) is 30.5 Å². The third-order valence-electron chi connectivity index (χ3n) is 4.10. The SMILES string of the molecule is O=C(NC1=CCCN(CCc2ccccc2)C1)c1ccccc1. The molecule has 23 heavy (non-hydrogen) atoms. The Labute approximate surface area is 137 Å². The minimum absolute atomic E-state index is 0.0261. The second-order valence-corrected chi connectivity index (χ2v) is 5.85. The Bertz CT molecular complexity index is 665. The van der Waals surface area contributed by atoms with Crippen molar-refractivity contribution in [3.05, 3.63) is 83.6 Å². The molecule has 1 amide bonds. The van der Waals surface area contributed by atoms with Crippen LogP contribution in [0, 0.1) is 0 Å². The van der Waals surface area contributed by atoms with Crippen LogP contribution in [0.15, 0.2) is 72.4 Å². The van der Waals surface area contributed by atoms with Gasteiger partial charge in [0.15, 0.2) is 0 Å². The quantitative estimate of drug-likeness (QED) is 0.919. The summed E-state index contributed by atoms with van der Waals surface area (Å²) in [7, 11) is 0. The lowest BCUT2D eigenvalue weighted by Gasteiger charge is -2.27. The molecule has 1 aliphatic heterocycles. The number of carbonyl (C=O) groups excluding carboxylic acids is 1. The predicted octanol–water partition coefficient (Wildman–Crippen LogP) is 3.25. The van der Waals surface area contributed by atoms with Crippen molar-refractivity contribution in [3.8, 4) is 0 Å². The molecule has 3 nitrogen and oxygen atoms in total. The molecule has 0 aliphatic carbocycles. The highest BCUT2D eigenvalue weighted by atomic mass is 16.1. The summed E-state index contributed by atoms with van der Waals surface area (Å²) < 4.78 is 0. The second kappa shape index (κ2) is 7.75. The molecule has 0 saturated carbocycles. The molecule has 0 saturated heterocycles. The maximum atomic E-state index is 12.2. The first-order valence-electron chi connectivity index (χ1n) is 8.13. The van der Waals surface area contributed by atoms with Crippen LogP contribution in [0.4, 0.5) is 0 Å². The van der Waals surface area contributed by atoms with Gasteiger partial charge in [-0.25, -0.2) is 0 Å². The van der Waals surface area contributed by atoms with Crippen molar-refractivity contribution in [3.63, 3.8) is 0 Å². The van der Waals surface area contributed by atoms with Crippen LogP contribution in [0.25, 0.3) is 0 Å². The molecule has 3 heteroatoms. The highest BCUT2D eigenvalue weighted by molar-refractivity contribution is 5.95. The molecule has 1 aliphatic rings. The molecule has 1 heterocycles. The number of rotatable bonds is 5. The van der Waals surface area contributed by atoms with Gasteiger partial charge < -0.3 is 5.32 Å². The van der Waals surface area contributed by atoms with Crippen molar-refractivity contribution in [1.29, 1.82) is 0 Å². The number of carbonyl (C=O) groups is 1. The molecular weight excluding hydrogens is 284 g/mol. The number of nitrogens with zero attached hydrogens (tertiary/aromatic N) is 1. The van der Waals surface area contributed by atoms with E-state index in [4.69, 9.17) is 0 Å². The van der Waals surface area contributed by atoms with E-state index in [1.54, 1.807) is 0 Å². The Morgan fingerprint density at radius 1 is 1.00 bits per heavy atom. The van der Waals surface area contributed by atoms with E-state index in [1.165, 1.54) is 5.56 Å². The molecule has 2 aromatic rings. The van der Waals surface area contributed by atoms with E-state index < -0.39 is 0 Å². The molecule has 118 valence electrons. The second-order valence-electron chi connectivity index (χ2n) is 5.85. The number of hydrogen-bond acceptors (Lipinski definition) is 2. The molecule has 0 radical (unpaired) electrons. The summed E-state index contributed by atoms with van der Waals surface area (Å²) in [6.45, 7) is 2.88. The number of hydrogen-bond donors (Lipinski definition) is 1. The Morgan fingerprint density at radius 2 is 1.70 bits per heavy atom. The van der Waals surface area contributed by atoms with Gasteiger partial charge in [-0.1, -0.05) is 54.6 Å². The predicted molar refractivity (Wildman–Crippen MR) is 93.2 cm³/mol. The summed E-state index contributed by atoms with van der Waals surface area (Å²) in [5, 5.41) is 3.04. The summed E-state index contributed by atoms with van der Waals surface area (Å²) in [5.74, 6) is -0.0261. The van der Waals surface area contributed by atoms with Crippen LogP contribution in [0.2, 0.25) is 0 Å². The highest BCUT2D eigenvalue weighted by Gasteiger charge is 2.15. The maximum absolute atomic E-state index is 12.2. The topological polar surface area (TPSA) is 32.3 Å². The number of benzene rings is 2. The minimum atomic E-state index is -0.0261. The largest absolute Gasteiger partial charge is 0.325 e. The van der Waals surface area contributed by atoms with Crippen LogP contribution in [0.5, 0.6) is 0 Å². The van der Waals surface area contributed by atoms with Crippen LogP contribution < -0.4 is 5.32 Å². The van der Waals surface area contributed by atoms with Gasteiger partial charge in [0.2, 0.25) is 0 Å². The van der Waals surface area contributed by atoms with Gasteiger partial charge in [-0.2, -0.15) is 0 Å². The van der Waals surface area contributed by atoms with Gasteiger partial charge in [0, 0.05) is 30.9 Å². The number of nitrogens with one attached hydrogen (secondary N) is 1. The van der Waals surface area contributed by atoms with Crippen LogP contribution in [-0.2, 0) is 6.42 Å². The van der Waals surface area contributed by atoms with Gasteiger partial charge in [0.1, 0.15) is 0 Å². The highest BCUT2D eigenvalue weighted by Crippen LogP contribution is 2.10. The molecule has 0 fully saturated rings. The van der Waals surface area contributed by atoms with Crippen LogP contribution in [0.1, 0.15) is 22.3 Å². The van der Waals surface area contributed by atoms with Crippen molar-refractivity contribution in [2.24, 2.45) is 0 Å². The van der Waals surface area contributed by atoms with Crippen molar-refractivity contribution in [1.82, 2.24) is 10.2 Å². The van der Waals surface area contributed by atoms with Gasteiger partial charge in [0.05, 0.1) is 0 Å². The average Bonchev–Trinajstić information content (AvgIpc) is 2.62. The zero-order valence-corrected chi connectivity index (χ0v) is 13.2. The molecule has 2 aromatic carbocycles. The van der Waals surface area contributed by atoms with Crippen molar-refractivity contribution >= 4 is 5.91 Å². The Hall–Kier alpha value is -2.39. The lowest BCUT2D eigenvalue weighted by atomic mass is 10.1. The molecule has 1 N–H and O–H groups in total. The van der Waals surface area contributed by atoms with E-state index in [0.29, 0.717) is 5.56 Å². The fourth-order valence-corrected chi connectivity index (χ4v) is 2.83. The van der Waals surface area contributed by atoms with E-state index in [0.717, 1.165) is 38.2 Å². The molecule has 3 rings (SSSR count). The molecule has 0 aromatic heterocycles. The molecule has 0 atom stereocenters. The smallest absolute Gasteiger partial charge is 0.255 e. The first-order valence-corrected chi connectivity index (χ1v) is 8.13. The van der Waals surface area contributed by atoms with E-state index >= 15 is 0 Å². The van der Waals surface area contributed by atoms with Gasteiger partial charge in [0.25, 0.3) is 5.91 Å². The van der Waals surface area contributed by atoms with Gasteiger partial charge in [-0.15, -0.1) is 0 Å². The van der Waals surface area contributed by atoms with Crippen molar-refractivity contribution in [2.75, 3.05) is 19.6 Å². The average molecular weight is 306 g/mol. The zero-order valence-electron chi connectivity index (χ0n) is 13.2. The van der Waals surface area contributed by atoms with Crippen LogP contribution in [0.3, 0.4) is 0 Å². The van der Waals surface area contributed by atoms with E-state index in [9.17, 15) is 4.79 Å². The summed E-state index contributed by atoms with van der Waals surface area (Å²) in [5.41, 5.74) is 3.07. The molecule has 0 bridgehead atoms. The minimum Gasteiger partial charge on any atom is -0.325 e. The van der Waals surface area contributed by atoms with Crippen molar-refractivity contribution < 1.29 is 4.79 Å². The maximum Gasteiger partial charge on any atom is 0.255 e. The number of amides is 1. The lowest BCUT2D eigenvalue weighted by Crippen LogP contribution is -2.37. The van der Waals surface area contributed by atoms with Crippen LogP contribution >= 0.6 is 0 Å². The summed E-state index contributed by atoms with van der Waals surface area (Å²) in [6, 6.07) is 19.9. The zero-order chi connectivity index (χ0) is 15.9. The third kappa shape index (κ3) is 4.54. The third-order valence-corrected chi connectivity index (χ3v) is 4.10. The molecular formula is C20H22N2O. The van der Waals surface area contributed by atoms with E-state index in [2.05, 4.69) is 40.6 Å². The normalized spacial score (nSPS) is 15.0. The van der Waals surface area contributed by atoms with Crippen LogP contribution in [-0.4, -0.2) is 30.4 Å². The van der Waals surface area contributed by atoms with Gasteiger partial charge in [-0.3, -0.25) is 9.69 Å². The van der Waals surface area contributed by atoms with E-state index in [-0.39, 0.29) is 5.91 Å². The van der Waals surface area contributed by atoms with E-state index in [1.807, 2.05) is 36.4 Å². The van der Waals surface area contributed by atoms with Crippen molar-refractivity contribution in [2.45, 2.75) is 12.8 Å². The fourth-order valence-electron chi connectivity index (χ4n) is 2.83. The summed E-state index contributed by atoms with van der Waals surface area (Å²) in [4.78, 5) is 14.6. The Kier molecular flexibility index (Phi) is 5.22. The van der Waals surface area contributed by atoms with Gasteiger partial charge >= 0.3 is 0 Å². The summed E-state index contributed by atoms with van der Waals surface area (Å²) >= 11 is 0. The standard InChI is InChI=1S/C20H22N2O/c23-20(18-10-5-2-6-11-18)21-19-12-7-14-22(16-19)15-13-17-8-3-1-4-9-17/h1-6,8-12H,7,13-16H2,(H,21,23). The molecule has 0 spiro atoms. The Morgan fingerprint density at radius 3 is 2.43 bits per heavy atom. The Balaban J connectivity index is 1.52. The molecule has 0 unspecified atom stereocenters. The summed E-state index contributed by atoms with van der Waals surface area (Å²) in [6.07, 6.45) is 4.17. The lowest BCUT2D eigenvalue weighted by molar-refractivity contribution is 0.0960. The fraction of sp³-hybridized carbons (Fsp3) is 0.250. The first kappa shape index (κ1) is 15.5. The monoisotopic (exact) mass is 306 g/mol.